The molecule has 0 saturated heterocycles. The molecule has 0 amide bonds. The quantitative estimate of drug-likeness (QED) is 0.893. The van der Waals surface area contributed by atoms with E-state index in [1.807, 2.05) is 12.1 Å². The molecule has 2 aromatic rings. The molecule has 3 nitrogen and oxygen atoms in total. The maximum Gasteiger partial charge on any atom is 0.0469 e. The molecule has 1 saturated carbocycles. The van der Waals surface area contributed by atoms with Crippen LogP contribution in [-0.4, -0.2) is 17.2 Å². The summed E-state index contributed by atoms with van der Waals surface area (Å²) in [5.74, 6) is 0.610. The van der Waals surface area contributed by atoms with E-state index in [0.717, 1.165) is 6.54 Å². The molecule has 3 rings (SSSR count). The van der Waals surface area contributed by atoms with Gasteiger partial charge in [-0.25, -0.2) is 0 Å². The van der Waals surface area contributed by atoms with Crippen molar-refractivity contribution in [2.45, 2.75) is 31.7 Å². The molecule has 3 heteroatoms. The lowest BCUT2D eigenvalue weighted by Gasteiger charge is -2.32. The normalized spacial score (nSPS) is 22.6. The Morgan fingerprint density at radius 1 is 1.10 bits per heavy atom. The Kier molecular flexibility index (Phi) is 4.07. The first kappa shape index (κ1) is 13.3. The van der Waals surface area contributed by atoms with Gasteiger partial charge in [-0.1, -0.05) is 18.9 Å². The summed E-state index contributed by atoms with van der Waals surface area (Å²) in [5.41, 5.74) is 8.30. The highest BCUT2D eigenvalue weighted by Crippen LogP contribution is 2.27. The average Bonchev–Trinajstić information content (AvgIpc) is 3.02. The van der Waals surface area contributed by atoms with E-state index in [4.69, 9.17) is 5.73 Å². The number of nitrogens with two attached hydrogens (primary N) is 1. The molecular weight excluding hydrogens is 246 g/mol. The third-order valence-corrected chi connectivity index (χ3v) is 4.31. The maximum atomic E-state index is 5.91. The Labute approximate surface area is 120 Å². The molecule has 0 bridgehead atoms. The highest BCUT2D eigenvalue weighted by Gasteiger charge is 2.23. The van der Waals surface area contributed by atoms with Gasteiger partial charge in [-0.15, -0.1) is 0 Å². The van der Waals surface area contributed by atoms with E-state index in [1.54, 1.807) is 0 Å². The molecule has 106 valence electrons. The van der Waals surface area contributed by atoms with Crippen LogP contribution < -0.4 is 11.1 Å². The summed E-state index contributed by atoms with van der Waals surface area (Å²) >= 11 is 0. The number of rotatable bonds is 4. The fraction of sp³-hybridized carbons (Fsp3) is 0.412. The maximum absolute atomic E-state index is 5.91. The molecule has 2 atom stereocenters. The molecule has 1 aromatic heterocycles. The molecule has 1 heterocycles. The minimum Gasteiger partial charge on any atom is -0.382 e. The van der Waals surface area contributed by atoms with E-state index < -0.39 is 0 Å². The molecule has 0 aliphatic heterocycles. The second-order valence-electron chi connectivity index (χ2n) is 5.67. The Bertz CT molecular complexity index is 533. The predicted octanol–water partition coefficient (Wildman–Crippen LogP) is 3.41. The van der Waals surface area contributed by atoms with Crippen LogP contribution >= 0.6 is 0 Å². The van der Waals surface area contributed by atoms with E-state index in [-0.39, 0.29) is 0 Å². The Morgan fingerprint density at radius 2 is 1.90 bits per heavy atom. The van der Waals surface area contributed by atoms with Crippen LogP contribution in [0.2, 0.25) is 0 Å². The number of hydrogen-bond acceptors (Lipinski definition) is 2. The zero-order valence-corrected chi connectivity index (χ0v) is 11.8. The van der Waals surface area contributed by atoms with Crippen LogP contribution in [0.3, 0.4) is 0 Å². The number of benzene rings is 1. The summed E-state index contributed by atoms with van der Waals surface area (Å²) in [6.07, 6.45) is 9.26. The van der Waals surface area contributed by atoms with Gasteiger partial charge in [-0.05, 0) is 55.6 Å². The van der Waals surface area contributed by atoms with Gasteiger partial charge >= 0.3 is 0 Å². The molecule has 0 radical (unpaired) electrons. The summed E-state index contributed by atoms with van der Waals surface area (Å²) in [7, 11) is 0. The van der Waals surface area contributed by atoms with Gasteiger partial charge in [0.15, 0.2) is 0 Å². The number of hydrogen-bond donors (Lipinski definition) is 2. The highest BCUT2D eigenvalue weighted by atomic mass is 15.0. The standard InChI is InChI=1S/C17H23N3/c18-13-14-6-1-2-9-17(14)19-15-7-5-8-16(12-15)20-10-3-4-11-20/h3-5,7-8,10-12,14,17,19H,1-2,6,9,13,18H2. The summed E-state index contributed by atoms with van der Waals surface area (Å²) in [5, 5.41) is 3.69. The number of nitrogens with zero attached hydrogens (tertiary/aromatic N) is 1. The molecule has 3 N–H and O–H groups in total. The van der Waals surface area contributed by atoms with Crippen LogP contribution in [0.5, 0.6) is 0 Å². The van der Waals surface area contributed by atoms with Gasteiger partial charge in [0.25, 0.3) is 0 Å². The van der Waals surface area contributed by atoms with Crippen molar-refractivity contribution in [2.75, 3.05) is 11.9 Å². The molecule has 20 heavy (non-hydrogen) atoms. The first-order valence-corrected chi connectivity index (χ1v) is 7.57. The highest BCUT2D eigenvalue weighted by molar-refractivity contribution is 5.52. The lowest BCUT2D eigenvalue weighted by molar-refractivity contribution is 0.332. The summed E-state index contributed by atoms with van der Waals surface area (Å²) in [6, 6.07) is 13.2. The van der Waals surface area contributed by atoms with Gasteiger partial charge in [0, 0.05) is 29.8 Å². The van der Waals surface area contributed by atoms with Crippen molar-refractivity contribution in [2.24, 2.45) is 11.7 Å². The molecule has 1 aliphatic carbocycles. The van der Waals surface area contributed by atoms with Crippen LogP contribution in [0.4, 0.5) is 5.69 Å². The molecular formula is C17H23N3. The van der Waals surface area contributed by atoms with Crippen molar-refractivity contribution in [1.82, 2.24) is 4.57 Å². The van der Waals surface area contributed by atoms with E-state index in [1.165, 1.54) is 37.1 Å². The zero-order chi connectivity index (χ0) is 13.8. The minimum absolute atomic E-state index is 0.522. The van der Waals surface area contributed by atoms with E-state index in [2.05, 4.69) is 46.5 Å². The lowest BCUT2D eigenvalue weighted by atomic mass is 9.84. The Hall–Kier alpha value is -1.74. The largest absolute Gasteiger partial charge is 0.382 e. The Balaban J connectivity index is 1.75. The zero-order valence-electron chi connectivity index (χ0n) is 11.8. The average molecular weight is 269 g/mol. The van der Waals surface area contributed by atoms with Crippen molar-refractivity contribution in [1.29, 1.82) is 0 Å². The first-order chi connectivity index (χ1) is 9.86. The van der Waals surface area contributed by atoms with E-state index >= 15 is 0 Å². The minimum atomic E-state index is 0.522. The van der Waals surface area contributed by atoms with Crippen molar-refractivity contribution >= 4 is 5.69 Å². The summed E-state index contributed by atoms with van der Waals surface area (Å²) < 4.78 is 2.13. The van der Waals surface area contributed by atoms with Gasteiger partial charge < -0.3 is 15.6 Å². The monoisotopic (exact) mass is 269 g/mol. The van der Waals surface area contributed by atoms with Crippen LogP contribution in [0.15, 0.2) is 48.8 Å². The smallest absolute Gasteiger partial charge is 0.0469 e. The van der Waals surface area contributed by atoms with E-state index in [9.17, 15) is 0 Å². The van der Waals surface area contributed by atoms with Gasteiger partial charge in [-0.3, -0.25) is 0 Å². The molecule has 0 spiro atoms. The second-order valence-corrected chi connectivity index (χ2v) is 5.67. The third kappa shape index (κ3) is 2.88. The predicted molar refractivity (Wildman–Crippen MR) is 84.2 cm³/mol. The van der Waals surface area contributed by atoms with Crippen molar-refractivity contribution in [3.63, 3.8) is 0 Å². The Morgan fingerprint density at radius 3 is 2.70 bits per heavy atom. The van der Waals surface area contributed by atoms with Crippen LogP contribution in [0.25, 0.3) is 5.69 Å². The third-order valence-electron chi connectivity index (χ3n) is 4.31. The first-order valence-electron chi connectivity index (χ1n) is 7.57. The fourth-order valence-electron chi connectivity index (χ4n) is 3.16. The molecule has 1 aliphatic rings. The fourth-order valence-corrected chi connectivity index (χ4v) is 3.16. The van der Waals surface area contributed by atoms with Crippen molar-refractivity contribution in [3.8, 4) is 5.69 Å². The van der Waals surface area contributed by atoms with Gasteiger partial charge in [0.1, 0.15) is 0 Å². The number of anilines is 1. The van der Waals surface area contributed by atoms with Crippen LogP contribution in [-0.2, 0) is 0 Å². The van der Waals surface area contributed by atoms with Gasteiger partial charge in [-0.2, -0.15) is 0 Å². The summed E-state index contributed by atoms with van der Waals surface area (Å²) in [6.45, 7) is 0.787. The van der Waals surface area contributed by atoms with Gasteiger partial charge in [0.2, 0.25) is 0 Å². The van der Waals surface area contributed by atoms with Crippen molar-refractivity contribution < 1.29 is 0 Å². The second kappa shape index (κ2) is 6.14. The van der Waals surface area contributed by atoms with Gasteiger partial charge in [0.05, 0.1) is 0 Å². The van der Waals surface area contributed by atoms with E-state index in [0.29, 0.717) is 12.0 Å². The molecule has 2 unspecified atom stereocenters. The molecule has 1 aromatic carbocycles. The SMILES string of the molecule is NCC1CCCCC1Nc1cccc(-n2cccc2)c1. The summed E-state index contributed by atoms with van der Waals surface area (Å²) in [4.78, 5) is 0. The van der Waals surface area contributed by atoms with Crippen LogP contribution in [0.1, 0.15) is 25.7 Å². The van der Waals surface area contributed by atoms with Crippen molar-refractivity contribution in [3.05, 3.63) is 48.8 Å². The molecule has 1 fully saturated rings. The topological polar surface area (TPSA) is 43.0 Å². The van der Waals surface area contributed by atoms with Crippen LogP contribution in [0, 0.1) is 5.92 Å². The lowest BCUT2D eigenvalue weighted by Crippen LogP contribution is -2.36. The number of aromatic nitrogens is 1. The number of nitrogens with one attached hydrogen (secondary N) is 1.